The summed E-state index contributed by atoms with van der Waals surface area (Å²) >= 11 is 0. The Morgan fingerprint density at radius 3 is 2.47 bits per heavy atom. The Morgan fingerprint density at radius 2 is 1.76 bits per heavy atom. The average Bonchev–Trinajstić information content (AvgIpc) is 2.29. The molecule has 100 valence electrons. The summed E-state index contributed by atoms with van der Waals surface area (Å²) in [7, 11) is 2.26. The van der Waals surface area contributed by atoms with Crippen LogP contribution in [0, 0.1) is 11.8 Å². The predicted molar refractivity (Wildman–Crippen MR) is 74.2 cm³/mol. The first kappa shape index (κ1) is 13.4. The van der Waals surface area contributed by atoms with Crippen LogP contribution < -0.4 is 5.32 Å². The highest BCUT2D eigenvalue weighted by Crippen LogP contribution is 2.29. The molecule has 1 N–H and O–H groups in total. The number of nitrogens with one attached hydrogen (secondary N) is 1. The smallest absolute Gasteiger partial charge is 0.00978 e. The zero-order valence-electron chi connectivity index (χ0n) is 12.1. The molecule has 1 saturated heterocycles. The number of hydrogen-bond acceptors (Lipinski definition) is 2. The van der Waals surface area contributed by atoms with Gasteiger partial charge in [0.05, 0.1) is 0 Å². The lowest BCUT2D eigenvalue weighted by Crippen LogP contribution is -2.51. The summed E-state index contributed by atoms with van der Waals surface area (Å²) in [6.45, 7) is 8.47. The number of nitrogens with zero attached hydrogens (tertiary/aromatic N) is 1. The summed E-state index contributed by atoms with van der Waals surface area (Å²) in [6.07, 6.45) is 6.90. The van der Waals surface area contributed by atoms with Crippen molar-refractivity contribution in [3.8, 4) is 0 Å². The van der Waals surface area contributed by atoms with E-state index in [2.05, 4.69) is 38.0 Å². The number of rotatable bonds is 2. The molecular weight excluding hydrogens is 208 g/mol. The van der Waals surface area contributed by atoms with E-state index in [1.165, 1.54) is 38.6 Å². The van der Waals surface area contributed by atoms with Gasteiger partial charge in [-0.15, -0.1) is 0 Å². The molecule has 1 heterocycles. The highest BCUT2D eigenvalue weighted by atomic mass is 15.1. The van der Waals surface area contributed by atoms with Gasteiger partial charge in [-0.3, -0.25) is 0 Å². The Kier molecular flexibility index (Phi) is 4.48. The van der Waals surface area contributed by atoms with Crippen LogP contribution in [0.1, 0.15) is 52.9 Å². The minimum Gasteiger partial charge on any atom is -0.311 e. The maximum atomic E-state index is 3.96. The number of piperidine rings is 1. The van der Waals surface area contributed by atoms with Gasteiger partial charge >= 0.3 is 0 Å². The van der Waals surface area contributed by atoms with Crippen LogP contribution in [0.3, 0.4) is 0 Å². The normalized spacial score (nSPS) is 44.8. The molecule has 0 aromatic heterocycles. The highest BCUT2D eigenvalue weighted by Gasteiger charge is 2.29. The van der Waals surface area contributed by atoms with Gasteiger partial charge in [0.2, 0.25) is 0 Å². The van der Waals surface area contributed by atoms with E-state index in [1.54, 1.807) is 0 Å². The molecule has 2 nitrogen and oxygen atoms in total. The Bertz CT molecular complexity index is 241. The Balaban J connectivity index is 1.83. The topological polar surface area (TPSA) is 15.3 Å². The zero-order valence-corrected chi connectivity index (χ0v) is 12.1. The molecule has 2 fully saturated rings. The highest BCUT2D eigenvalue weighted by molar-refractivity contribution is 4.88. The summed E-state index contributed by atoms with van der Waals surface area (Å²) < 4.78 is 0. The van der Waals surface area contributed by atoms with Crippen molar-refractivity contribution in [1.82, 2.24) is 10.2 Å². The van der Waals surface area contributed by atoms with Crippen molar-refractivity contribution < 1.29 is 0 Å². The molecular formula is C15H30N2. The monoisotopic (exact) mass is 238 g/mol. The van der Waals surface area contributed by atoms with Gasteiger partial charge in [-0.1, -0.05) is 20.3 Å². The molecule has 2 aliphatic rings. The second kappa shape index (κ2) is 5.71. The van der Waals surface area contributed by atoms with Crippen molar-refractivity contribution in [2.75, 3.05) is 13.6 Å². The first-order valence-electron chi connectivity index (χ1n) is 7.52. The molecule has 0 aromatic rings. The fraction of sp³-hybridized carbons (Fsp3) is 1.00. The van der Waals surface area contributed by atoms with Crippen LogP contribution in [-0.4, -0.2) is 36.6 Å². The molecule has 2 heteroatoms. The van der Waals surface area contributed by atoms with E-state index in [0.717, 1.165) is 30.0 Å². The van der Waals surface area contributed by atoms with Crippen LogP contribution in [0.4, 0.5) is 0 Å². The lowest BCUT2D eigenvalue weighted by atomic mass is 9.79. The van der Waals surface area contributed by atoms with Gasteiger partial charge in [-0.25, -0.2) is 0 Å². The van der Waals surface area contributed by atoms with Crippen molar-refractivity contribution in [3.63, 3.8) is 0 Å². The quantitative estimate of drug-likeness (QED) is 0.796. The molecule has 1 aliphatic carbocycles. The third kappa shape index (κ3) is 3.45. The van der Waals surface area contributed by atoms with E-state index in [-0.39, 0.29) is 0 Å². The van der Waals surface area contributed by atoms with E-state index in [4.69, 9.17) is 0 Å². The standard InChI is InChI=1S/C15H30N2/c1-11-5-6-12(2)15(9-11)16-14-7-8-17(4)13(3)10-14/h11-16H,5-10H2,1-4H3. The maximum Gasteiger partial charge on any atom is 0.00978 e. The van der Waals surface area contributed by atoms with Crippen molar-refractivity contribution in [3.05, 3.63) is 0 Å². The lowest BCUT2D eigenvalue weighted by Gasteiger charge is -2.40. The molecule has 17 heavy (non-hydrogen) atoms. The van der Waals surface area contributed by atoms with Crippen LogP contribution in [0.5, 0.6) is 0 Å². The summed E-state index contributed by atoms with van der Waals surface area (Å²) in [6, 6.07) is 2.29. The first-order valence-corrected chi connectivity index (χ1v) is 7.52. The molecule has 5 atom stereocenters. The van der Waals surface area contributed by atoms with Gasteiger partial charge in [0.25, 0.3) is 0 Å². The molecule has 1 saturated carbocycles. The van der Waals surface area contributed by atoms with Gasteiger partial charge < -0.3 is 10.2 Å². The summed E-state index contributed by atoms with van der Waals surface area (Å²) in [5, 5.41) is 3.96. The lowest BCUT2D eigenvalue weighted by molar-refractivity contribution is 0.139. The van der Waals surface area contributed by atoms with E-state index in [9.17, 15) is 0 Å². The molecule has 0 bridgehead atoms. The first-order chi connectivity index (χ1) is 8.06. The second-order valence-electron chi connectivity index (χ2n) is 6.72. The molecule has 0 amide bonds. The number of hydrogen-bond donors (Lipinski definition) is 1. The summed E-state index contributed by atoms with van der Waals surface area (Å²) in [5.41, 5.74) is 0. The second-order valence-corrected chi connectivity index (χ2v) is 6.72. The third-order valence-corrected chi connectivity index (χ3v) is 5.12. The van der Waals surface area contributed by atoms with Gasteiger partial charge in [0, 0.05) is 18.1 Å². The summed E-state index contributed by atoms with van der Waals surface area (Å²) in [5.74, 6) is 1.80. The molecule has 2 rings (SSSR count). The Morgan fingerprint density at radius 1 is 1.00 bits per heavy atom. The minimum atomic E-state index is 0.748. The molecule has 1 aliphatic heterocycles. The van der Waals surface area contributed by atoms with E-state index in [0.29, 0.717) is 0 Å². The number of likely N-dealkylation sites (tertiary alicyclic amines) is 1. The maximum absolute atomic E-state index is 3.96. The van der Waals surface area contributed by atoms with Crippen LogP contribution in [0.25, 0.3) is 0 Å². The summed E-state index contributed by atoms with van der Waals surface area (Å²) in [4.78, 5) is 2.49. The van der Waals surface area contributed by atoms with Crippen LogP contribution in [0.15, 0.2) is 0 Å². The SMILES string of the molecule is CC1CCC(C)C(NC2CCN(C)C(C)C2)C1. The minimum absolute atomic E-state index is 0.748. The largest absolute Gasteiger partial charge is 0.311 e. The van der Waals surface area contributed by atoms with Crippen LogP contribution in [-0.2, 0) is 0 Å². The van der Waals surface area contributed by atoms with Gasteiger partial charge in [0.1, 0.15) is 0 Å². The zero-order chi connectivity index (χ0) is 12.4. The fourth-order valence-electron chi connectivity index (χ4n) is 3.51. The fourth-order valence-corrected chi connectivity index (χ4v) is 3.51. The van der Waals surface area contributed by atoms with E-state index < -0.39 is 0 Å². The third-order valence-electron chi connectivity index (χ3n) is 5.12. The van der Waals surface area contributed by atoms with Crippen molar-refractivity contribution in [1.29, 1.82) is 0 Å². The molecule has 0 aromatic carbocycles. The van der Waals surface area contributed by atoms with Gasteiger partial charge in [-0.2, -0.15) is 0 Å². The van der Waals surface area contributed by atoms with Gasteiger partial charge in [0.15, 0.2) is 0 Å². The van der Waals surface area contributed by atoms with Crippen molar-refractivity contribution in [2.24, 2.45) is 11.8 Å². The van der Waals surface area contributed by atoms with E-state index in [1.807, 2.05) is 0 Å². The average molecular weight is 238 g/mol. The van der Waals surface area contributed by atoms with Crippen LogP contribution in [0.2, 0.25) is 0 Å². The Hall–Kier alpha value is -0.0800. The molecule has 5 unspecified atom stereocenters. The van der Waals surface area contributed by atoms with Crippen molar-refractivity contribution >= 4 is 0 Å². The molecule has 0 spiro atoms. The van der Waals surface area contributed by atoms with Crippen LogP contribution >= 0.6 is 0 Å². The van der Waals surface area contributed by atoms with Crippen molar-refractivity contribution in [2.45, 2.75) is 71.0 Å². The van der Waals surface area contributed by atoms with Gasteiger partial charge in [-0.05, 0) is 58.0 Å². The van der Waals surface area contributed by atoms with E-state index >= 15 is 0 Å². The molecule has 0 radical (unpaired) electrons. The Labute approximate surface area is 107 Å². The predicted octanol–water partition coefficient (Wildman–Crippen LogP) is 2.88.